The number of carbonyl (C=O) groups is 1. The van der Waals surface area contributed by atoms with Gasteiger partial charge in [-0.25, -0.2) is 0 Å². The molecule has 0 aliphatic heterocycles. The number of nitrogen functional groups attached to an aromatic ring is 1. The van der Waals surface area contributed by atoms with Gasteiger partial charge in [0.05, 0.1) is 16.9 Å². The smallest absolute Gasteiger partial charge is 0.397 e. The first-order valence-corrected chi connectivity index (χ1v) is 11.6. The van der Waals surface area contributed by atoms with Gasteiger partial charge in [-0.2, -0.15) is 16.2 Å². The molecular weight excluding hydrogens is 429 g/mol. The maximum Gasteiger partial charge on any atom is 0.546 e. The molecular formula is C23H19N3O3PS+. The molecule has 1 amide bonds. The van der Waals surface area contributed by atoms with E-state index in [1.165, 1.54) is 6.20 Å². The van der Waals surface area contributed by atoms with Crippen molar-refractivity contribution in [3.63, 3.8) is 0 Å². The van der Waals surface area contributed by atoms with E-state index < -0.39 is 8.03 Å². The molecule has 31 heavy (non-hydrogen) atoms. The van der Waals surface area contributed by atoms with Crippen LogP contribution in [0.2, 0.25) is 0 Å². The predicted molar refractivity (Wildman–Crippen MR) is 125 cm³/mol. The highest BCUT2D eigenvalue weighted by atomic mass is 32.1. The Labute approximate surface area is 184 Å². The van der Waals surface area contributed by atoms with Gasteiger partial charge in [-0.05, 0) is 62.9 Å². The quantitative estimate of drug-likeness (QED) is 0.295. The summed E-state index contributed by atoms with van der Waals surface area (Å²) in [5, 5.41) is 7.27. The summed E-state index contributed by atoms with van der Waals surface area (Å²) in [5.74, 6) is -0.313. The fourth-order valence-electron chi connectivity index (χ4n) is 3.17. The molecule has 2 aromatic heterocycles. The lowest BCUT2D eigenvalue weighted by Crippen LogP contribution is -2.14. The number of anilines is 2. The molecule has 0 spiro atoms. The second kappa shape index (κ2) is 9.18. The van der Waals surface area contributed by atoms with Gasteiger partial charge in [0, 0.05) is 23.9 Å². The van der Waals surface area contributed by atoms with Gasteiger partial charge in [0.1, 0.15) is 0 Å². The van der Waals surface area contributed by atoms with Gasteiger partial charge in [0.15, 0.2) is 0 Å². The van der Waals surface area contributed by atoms with Crippen LogP contribution in [0.25, 0.3) is 11.1 Å². The first-order valence-electron chi connectivity index (χ1n) is 9.43. The van der Waals surface area contributed by atoms with Crippen LogP contribution in [0.15, 0.2) is 77.6 Å². The third-order valence-electron chi connectivity index (χ3n) is 4.81. The van der Waals surface area contributed by atoms with Crippen LogP contribution in [0.3, 0.4) is 0 Å². The Morgan fingerprint density at radius 3 is 2.65 bits per heavy atom. The van der Waals surface area contributed by atoms with Crippen molar-refractivity contribution in [2.24, 2.45) is 0 Å². The van der Waals surface area contributed by atoms with Crippen LogP contribution in [0.5, 0.6) is 0 Å². The van der Waals surface area contributed by atoms with Crippen molar-refractivity contribution in [1.29, 1.82) is 0 Å². The second-order valence-electron chi connectivity index (χ2n) is 6.88. The predicted octanol–water partition coefficient (Wildman–Crippen LogP) is 4.60. The second-order valence-corrected chi connectivity index (χ2v) is 8.69. The fraction of sp³-hybridized carbons (Fsp3) is 0.0435. The van der Waals surface area contributed by atoms with Crippen molar-refractivity contribution in [1.82, 2.24) is 4.98 Å². The summed E-state index contributed by atoms with van der Waals surface area (Å²) in [5.41, 5.74) is 10.9. The average Bonchev–Trinajstić information content (AvgIpc) is 3.31. The molecule has 0 aliphatic carbocycles. The van der Waals surface area contributed by atoms with Crippen LogP contribution in [0.4, 0.5) is 11.4 Å². The normalized spacial score (nSPS) is 11.2. The van der Waals surface area contributed by atoms with E-state index in [0.29, 0.717) is 34.4 Å². The van der Waals surface area contributed by atoms with Crippen LogP contribution in [-0.4, -0.2) is 15.8 Å². The van der Waals surface area contributed by atoms with Crippen molar-refractivity contribution >= 4 is 42.0 Å². The number of nitrogens with one attached hydrogen (secondary N) is 1. The van der Waals surface area contributed by atoms with Crippen LogP contribution >= 0.6 is 19.4 Å². The van der Waals surface area contributed by atoms with Crippen molar-refractivity contribution in [3.8, 4) is 11.1 Å². The number of nitrogens with two attached hydrogens (primary N) is 1. The summed E-state index contributed by atoms with van der Waals surface area (Å²) in [7, 11) is -2.43. The number of amides is 1. The number of thiophene rings is 1. The van der Waals surface area contributed by atoms with Gasteiger partial charge >= 0.3 is 8.03 Å². The van der Waals surface area contributed by atoms with Gasteiger partial charge in [-0.3, -0.25) is 9.78 Å². The zero-order valence-electron chi connectivity index (χ0n) is 16.4. The first kappa shape index (κ1) is 20.9. The van der Waals surface area contributed by atoms with Gasteiger partial charge in [-0.15, -0.1) is 0 Å². The molecule has 1 atom stereocenters. The highest BCUT2D eigenvalue weighted by molar-refractivity contribution is 7.47. The van der Waals surface area contributed by atoms with Crippen molar-refractivity contribution < 1.29 is 14.3 Å². The summed E-state index contributed by atoms with van der Waals surface area (Å²) < 4.78 is 11.5. The molecule has 154 valence electrons. The van der Waals surface area contributed by atoms with Crippen LogP contribution < -0.4 is 16.4 Å². The highest BCUT2D eigenvalue weighted by Gasteiger charge is 2.21. The van der Waals surface area contributed by atoms with Crippen molar-refractivity contribution in [2.45, 2.75) is 6.42 Å². The molecule has 2 heterocycles. The van der Waals surface area contributed by atoms with Gasteiger partial charge < -0.3 is 11.1 Å². The number of nitrogens with zero attached hydrogens (tertiary/aromatic N) is 1. The van der Waals surface area contributed by atoms with E-state index in [2.05, 4.69) is 10.3 Å². The van der Waals surface area contributed by atoms with E-state index in [0.717, 1.165) is 16.7 Å². The summed E-state index contributed by atoms with van der Waals surface area (Å²) >= 11 is 1.60. The SMILES string of the molecule is Nc1ccc(-c2ccsc2)cc1NC(=O)c1ccc(Cc2ccccc2[P+](=O)O)nc1. The third kappa shape index (κ3) is 4.86. The molecule has 8 heteroatoms. The minimum absolute atomic E-state index is 0.313. The number of benzene rings is 2. The number of hydrogen-bond donors (Lipinski definition) is 3. The molecule has 6 nitrogen and oxygen atoms in total. The molecule has 0 aliphatic rings. The Balaban J connectivity index is 1.49. The third-order valence-corrected chi connectivity index (χ3v) is 6.34. The maximum atomic E-state index is 12.7. The lowest BCUT2D eigenvalue weighted by molar-refractivity contribution is 0.102. The van der Waals surface area contributed by atoms with Crippen molar-refractivity contribution in [3.05, 3.63) is 94.4 Å². The van der Waals surface area contributed by atoms with E-state index in [9.17, 15) is 14.3 Å². The number of rotatable bonds is 6. The minimum Gasteiger partial charge on any atom is -0.397 e. The summed E-state index contributed by atoms with van der Waals surface area (Å²) in [6, 6.07) is 17.9. The molecule has 2 aromatic carbocycles. The summed E-state index contributed by atoms with van der Waals surface area (Å²) in [4.78, 5) is 26.5. The topological polar surface area (TPSA) is 105 Å². The average molecular weight is 448 g/mol. The summed E-state index contributed by atoms with van der Waals surface area (Å²) in [6.07, 6.45) is 1.89. The monoisotopic (exact) mass is 448 g/mol. The Bertz CT molecular complexity index is 1240. The fourth-order valence-corrected chi connectivity index (χ4v) is 4.45. The molecule has 4 rings (SSSR count). The van der Waals surface area contributed by atoms with E-state index in [1.54, 1.807) is 47.7 Å². The van der Waals surface area contributed by atoms with Gasteiger partial charge in [0.25, 0.3) is 5.91 Å². The highest BCUT2D eigenvalue weighted by Crippen LogP contribution is 2.29. The Kier molecular flexibility index (Phi) is 6.18. The maximum absolute atomic E-state index is 12.7. The standard InChI is InChI=1S/C23H18N3O3PS/c24-20-8-6-15(18-9-10-31-14-18)12-21(20)26-23(27)17-5-7-19(25-13-17)11-16-3-1-2-4-22(16)30(28)29/h1-10,12-14H,11,24H2,(H-,26,27,28,29)/p+1. The minimum atomic E-state index is -2.43. The van der Waals surface area contributed by atoms with E-state index in [1.807, 2.05) is 35.0 Å². The Hall–Kier alpha value is -3.38. The molecule has 0 saturated heterocycles. The molecule has 0 fully saturated rings. The van der Waals surface area contributed by atoms with Crippen LogP contribution in [-0.2, 0) is 11.0 Å². The number of aromatic nitrogens is 1. The van der Waals surface area contributed by atoms with E-state index >= 15 is 0 Å². The Morgan fingerprint density at radius 2 is 1.94 bits per heavy atom. The summed E-state index contributed by atoms with van der Waals surface area (Å²) in [6.45, 7) is 0. The van der Waals surface area contributed by atoms with Crippen LogP contribution in [0.1, 0.15) is 21.6 Å². The van der Waals surface area contributed by atoms with Gasteiger partial charge in [0.2, 0.25) is 5.30 Å². The largest absolute Gasteiger partial charge is 0.546 e. The molecule has 0 radical (unpaired) electrons. The molecule has 1 unspecified atom stereocenters. The lowest BCUT2D eigenvalue weighted by atomic mass is 10.1. The molecule has 4 N–H and O–H groups in total. The zero-order chi connectivity index (χ0) is 21.8. The Morgan fingerprint density at radius 1 is 1.10 bits per heavy atom. The van der Waals surface area contributed by atoms with E-state index in [-0.39, 0.29) is 5.91 Å². The molecule has 4 aromatic rings. The first-order chi connectivity index (χ1) is 15.0. The number of hydrogen-bond acceptors (Lipinski definition) is 5. The number of pyridine rings is 1. The van der Waals surface area contributed by atoms with Crippen LogP contribution in [0, 0.1) is 0 Å². The molecule has 0 bridgehead atoms. The lowest BCUT2D eigenvalue weighted by Gasteiger charge is -2.10. The molecule has 0 saturated carbocycles. The van der Waals surface area contributed by atoms with Gasteiger partial charge in [-0.1, -0.05) is 24.3 Å². The van der Waals surface area contributed by atoms with Crippen molar-refractivity contribution in [2.75, 3.05) is 11.1 Å². The zero-order valence-corrected chi connectivity index (χ0v) is 18.1. The van der Waals surface area contributed by atoms with E-state index in [4.69, 9.17) is 5.73 Å². The number of carbonyl (C=O) groups excluding carboxylic acids is 1.